The molecular formula is C20H18F5N3O2. The number of rotatable bonds is 9. The third kappa shape index (κ3) is 6.10. The zero-order valence-corrected chi connectivity index (χ0v) is 15.7. The molecule has 0 fully saturated rings. The molecule has 2 N–H and O–H groups in total. The Hall–Kier alpha value is -3.30. The van der Waals surface area contributed by atoms with E-state index in [0.717, 1.165) is 0 Å². The highest BCUT2D eigenvalue weighted by Crippen LogP contribution is 2.21. The lowest BCUT2D eigenvalue weighted by atomic mass is 10.1. The third-order valence-corrected chi connectivity index (χ3v) is 4.03. The minimum atomic E-state index is -2.27. The summed E-state index contributed by atoms with van der Waals surface area (Å²) < 4.78 is 66.0. The van der Waals surface area contributed by atoms with Gasteiger partial charge < -0.3 is 5.32 Å². The van der Waals surface area contributed by atoms with E-state index < -0.39 is 40.6 Å². The van der Waals surface area contributed by atoms with Gasteiger partial charge in [-0.15, -0.1) is 0 Å². The van der Waals surface area contributed by atoms with Gasteiger partial charge in [0.1, 0.15) is 0 Å². The van der Waals surface area contributed by atoms with Crippen LogP contribution in [0, 0.1) is 29.1 Å². The third-order valence-electron chi connectivity index (χ3n) is 4.03. The Bertz CT molecular complexity index is 907. The molecule has 0 aliphatic heterocycles. The van der Waals surface area contributed by atoms with Gasteiger partial charge in [0, 0.05) is 18.5 Å². The Morgan fingerprint density at radius 1 is 0.833 bits per heavy atom. The van der Waals surface area contributed by atoms with Crippen LogP contribution in [0.1, 0.15) is 41.6 Å². The number of amides is 2. The van der Waals surface area contributed by atoms with Crippen LogP contribution in [0.4, 0.5) is 22.0 Å². The molecule has 0 aliphatic rings. The normalized spacial score (nSPS) is 11.0. The molecule has 0 saturated carbocycles. The van der Waals surface area contributed by atoms with E-state index in [-0.39, 0.29) is 12.3 Å². The molecule has 2 rings (SSSR count). The summed E-state index contributed by atoms with van der Waals surface area (Å²) in [6.07, 6.45) is 2.07. The standard InChI is InChI=1S/C20H18F5N3O2/c21-15-13(16(22)18(24)19(25)17(15)23)11-27-28-14(29)9-5-2-6-10-26-20(30)12-7-3-1-4-8-12/h1,3-4,7-8,11H,2,5-6,9-10H2,(H,26,30)(H,28,29)/b27-11-. The Morgan fingerprint density at radius 2 is 1.43 bits per heavy atom. The van der Waals surface area contributed by atoms with Crippen molar-refractivity contribution in [2.24, 2.45) is 5.10 Å². The van der Waals surface area contributed by atoms with Gasteiger partial charge in [0.05, 0.1) is 11.8 Å². The largest absolute Gasteiger partial charge is 0.352 e. The van der Waals surface area contributed by atoms with Crippen LogP contribution in [-0.2, 0) is 4.79 Å². The number of carbonyl (C=O) groups is 2. The zero-order chi connectivity index (χ0) is 22.1. The van der Waals surface area contributed by atoms with Gasteiger partial charge in [-0.2, -0.15) is 5.10 Å². The Morgan fingerprint density at radius 3 is 2.07 bits per heavy atom. The lowest BCUT2D eigenvalue weighted by Gasteiger charge is -2.05. The van der Waals surface area contributed by atoms with E-state index in [9.17, 15) is 31.5 Å². The van der Waals surface area contributed by atoms with Crippen molar-refractivity contribution in [3.8, 4) is 0 Å². The van der Waals surface area contributed by atoms with E-state index >= 15 is 0 Å². The van der Waals surface area contributed by atoms with E-state index in [0.29, 0.717) is 37.6 Å². The molecule has 0 heterocycles. The minimum Gasteiger partial charge on any atom is -0.352 e. The molecule has 0 aliphatic carbocycles. The molecule has 0 radical (unpaired) electrons. The fraction of sp³-hybridized carbons (Fsp3) is 0.250. The van der Waals surface area contributed by atoms with Crippen LogP contribution in [0.15, 0.2) is 35.4 Å². The number of hydrogen-bond acceptors (Lipinski definition) is 3. The lowest BCUT2D eigenvalue weighted by molar-refractivity contribution is -0.121. The highest BCUT2D eigenvalue weighted by Gasteiger charge is 2.24. The fourth-order valence-corrected chi connectivity index (χ4v) is 2.44. The molecule has 160 valence electrons. The number of unbranched alkanes of at least 4 members (excludes halogenated alkanes) is 2. The van der Waals surface area contributed by atoms with E-state index in [2.05, 4.69) is 10.4 Å². The van der Waals surface area contributed by atoms with Gasteiger partial charge in [-0.1, -0.05) is 24.6 Å². The summed E-state index contributed by atoms with van der Waals surface area (Å²) >= 11 is 0. The number of nitrogens with zero attached hydrogens (tertiary/aromatic N) is 1. The van der Waals surface area contributed by atoms with Gasteiger partial charge in [-0.05, 0) is 25.0 Å². The summed E-state index contributed by atoms with van der Waals surface area (Å²) in [4.78, 5) is 23.4. The number of hydrogen-bond donors (Lipinski definition) is 2. The number of nitrogens with one attached hydrogen (secondary N) is 2. The molecule has 0 atom stereocenters. The van der Waals surface area contributed by atoms with Crippen LogP contribution in [0.25, 0.3) is 0 Å². The second-order valence-electron chi connectivity index (χ2n) is 6.21. The highest BCUT2D eigenvalue weighted by molar-refractivity contribution is 5.94. The van der Waals surface area contributed by atoms with Crippen molar-refractivity contribution >= 4 is 18.0 Å². The van der Waals surface area contributed by atoms with Crippen molar-refractivity contribution in [3.63, 3.8) is 0 Å². The van der Waals surface area contributed by atoms with E-state index in [1.54, 1.807) is 30.3 Å². The summed E-state index contributed by atoms with van der Waals surface area (Å²) in [6.45, 7) is 0.424. The first kappa shape index (κ1) is 23.0. The first-order valence-electron chi connectivity index (χ1n) is 8.99. The van der Waals surface area contributed by atoms with Crippen LogP contribution < -0.4 is 10.7 Å². The van der Waals surface area contributed by atoms with Crippen LogP contribution in [0.5, 0.6) is 0 Å². The van der Waals surface area contributed by atoms with Crippen LogP contribution in [-0.4, -0.2) is 24.6 Å². The predicted octanol–water partition coefficient (Wildman–Crippen LogP) is 3.82. The molecule has 0 aromatic heterocycles. The monoisotopic (exact) mass is 427 g/mol. The predicted molar refractivity (Wildman–Crippen MR) is 99.2 cm³/mol. The molecule has 2 aromatic carbocycles. The smallest absolute Gasteiger partial charge is 0.251 e. The molecule has 2 aromatic rings. The molecule has 5 nitrogen and oxygen atoms in total. The summed E-state index contributed by atoms with van der Waals surface area (Å²) in [5, 5.41) is 5.97. The van der Waals surface area contributed by atoms with Gasteiger partial charge in [0.25, 0.3) is 5.91 Å². The van der Waals surface area contributed by atoms with E-state index in [1.807, 2.05) is 5.43 Å². The molecular weight excluding hydrogens is 409 g/mol. The minimum absolute atomic E-state index is 0.0288. The molecule has 30 heavy (non-hydrogen) atoms. The van der Waals surface area contributed by atoms with Crippen molar-refractivity contribution in [2.75, 3.05) is 6.54 Å². The maximum atomic E-state index is 13.5. The Labute approximate surface area is 169 Å². The Balaban J connectivity index is 1.69. The van der Waals surface area contributed by atoms with Gasteiger partial charge >= 0.3 is 0 Å². The van der Waals surface area contributed by atoms with Crippen molar-refractivity contribution in [2.45, 2.75) is 25.7 Å². The van der Waals surface area contributed by atoms with E-state index in [4.69, 9.17) is 0 Å². The first-order chi connectivity index (χ1) is 14.3. The summed E-state index contributed by atoms with van der Waals surface area (Å²) in [5.41, 5.74) is 1.25. The van der Waals surface area contributed by atoms with Crippen molar-refractivity contribution in [1.29, 1.82) is 0 Å². The average Bonchev–Trinajstić information content (AvgIpc) is 2.76. The molecule has 2 amide bonds. The summed E-state index contributed by atoms with van der Waals surface area (Å²) in [6, 6.07) is 8.68. The van der Waals surface area contributed by atoms with Gasteiger partial charge in [0.15, 0.2) is 23.3 Å². The average molecular weight is 427 g/mol. The van der Waals surface area contributed by atoms with Crippen molar-refractivity contribution in [3.05, 3.63) is 70.5 Å². The number of benzene rings is 2. The van der Waals surface area contributed by atoms with Gasteiger partial charge in [0.2, 0.25) is 11.7 Å². The second-order valence-corrected chi connectivity index (χ2v) is 6.21. The molecule has 10 heteroatoms. The number of hydrazone groups is 1. The number of carbonyl (C=O) groups excluding carboxylic acids is 2. The molecule has 0 saturated heterocycles. The molecule has 0 spiro atoms. The second kappa shape index (κ2) is 11.0. The summed E-state index contributed by atoms with van der Waals surface area (Å²) in [7, 11) is 0. The van der Waals surface area contributed by atoms with Crippen molar-refractivity contribution in [1.82, 2.24) is 10.7 Å². The van der Waals surface area contributed by atoms with Gasteiger partial charge in [-0.25, -0.2) is 27.4 Å². The molecule has 0 bridgehead atoms. The Kier molecular flexibility index (Phi) is 8.45. The van der Waals surface area contributed by atoms with E-state index in [1.165, 1.54) is 0 Å². The zero-order valence-electron chi connectivity index (χ0n) is 15.7. The first-order valence-corrected chi connectivity index (χ1v) is 8.99. The quantitative estimate of drug-likeness (QED) is 0.160. The maximum Gasteiger partial charge on any atom is 0.251 e. The SMILES string of the molecule is O=C(CCCCCNC(=O)c1ccccc1)N/N=C\c1c(F)c(F)c(F)c(F)c1F. The summed E-state index contributed by atoms with van der Waals surface area (Å²) in [5.74, 6) is -11.3. The topological polar surface area (TPSA) is 70.6 Å². The maximum absolute atomic E-state index is 13.5. The number of halogens is 5. The van der Waals surface area contributed by atoms with Crippen LogP contribution >= 0.6 is 0 Å². The van der Waals surface area contributed by atoms with Crippen LogP contribution in [0.2, 0.25) is 0 Å². The molecule has 0 unspecified atom stereocenters. The fourth-order valence-electron chi connectivity index (χ4n) is 2.44. The lowest BCUT2D eigenvalue weighted by Crippen LogP contribution is -2.24. The highest BCUT2D eigenvalue weighted by atomic mass is 19.2. The van der Waals surface area contributed by atoms with Crippen LogP contribution in [0.3, 0.4) is 0 Å². The van der Waals surface area contributed by atoms with Gasteiger partial charge in [-0.3, -0.25) is 9.59 Å². The van der Waals surface area contributed by atoms with Crippen molar-refractivity contribution < 1.29 is 31.5 Å².